The van der Waals surface area contributed by atoms with E-state index in [-0.39, 0.29) is 5.92 Å². The van der Waals surface area contributed by atoms with Crippen LogP contribution in [0.4, 0.5) is 0 Å². The first kappa shape index (κ1) is 19.0. The van der Waals surface area contributed by atoms with Crippen LogP contribution in [0.1, 0.15) is 51.9 Å². The molecule has 1 saturated heterocycles. The van der Waals surface area contributed by atoms with Crippen LogP contribution < -0.4 is 10.6 Å². The number of hydrogen-bond donors (Lipinski definition) is 2. The van der Waals surface area contributed by atoms with Crippen molar-refractivity contribution in [3.05, 3.63) is 0 Å². The highest BCUT2D eigenvalue weighted by atomic mass is 16.5. The summed E-state index contributed by atoms with van der Waals surface area (Å²) in [6.07, 6.45) is 7.84. The molecule has 24 heavy (non-hydrogen) atoms. The lowest BCUT2D eigenvalue weighted by atomic mass is 9.88. The summed E-state index contributed by atoms with van der Waals surface area (Å²) in [5.74, 6) is 1.47. The molecule has 0 aromatic carbocycles. The summed E-state index contributed by atoms with van der Waals surface area (Å²) in [6, 6.07) is 0.302. The molecule has 1 atom stereocenters. The Hall–Kier alpha value is -1.30. The van der Waals surface area contributed by atoms with Crippen molar-refractivity contribution >= 4 is 11.9 Å². The summed E-state index contributed by atoms with van der Waals surface area (Å²) in [7, 11) is 1.79. The maximum atomic E-state index is 12.6. The molecule has 1 aliphatic heterocycles. The van der Waals surface area contributed by atoms with Crippen molar-refractivity contribution < 1.29 is 9.53 Å². The largest absolute Gasteiger partial charge is 0.382 e. The lowest BCUT2D eigenvalue weighted by Gasteiger charge is -2.26. The molecule has 0 spiro atoms. The molecule has 0 radical (unpaired) electrons. The van der Waals surface area contributed by atoms with E-state index in [1.165, 1.54) is 19.3 Å². The van der Waals surface area contributed by atoms with Gasteiger partial charge in [-0.3, -0.25) is 9.79 Å². The van der Waals surface area contributed by atoms with E-state index < -0.39 is 0 Å². The Labute approximate surface area is 146 Å². The fraction of sp³-hybridized carbons (Fsp3) is 0.889. The van der Waals surface area contributed by atoms with Crippen molar-refractivity contribution in [2.75, 3.05) is 39.9 Å². The highest BCUT2D eigenvalue weighted by molar-refractivity contribution is 5.81. The van der Waals surface area contributed by atoms with Crippen molar-refractivity contribution in [1.29, 1.82) is 0 Å². The van der Waals surface area contributed by atoms with E-state index in [0.29, 0.717) is 11.9 Å². The van der Waals surface area contributed by atoms with Gasteiger partial charge < -0.3 is 20.3 Å². The molecule has 1 amide bonds. The van der Waals surface area contributed by atoms with Gasteiger partial charge in [0.25, 0.3) is 0 Å². The number of rotatable bonds is 7. The smallest absolute Gasteiger partial charge is 0.225 e. The van der Waals surface area contributed by atoms with Gasteiger partial charge in [0.05, 0.1) is 0 Å². The van der Waals surface area contributed by atoms with E-state index in [1.807, 2.05) is 6.92 Å². The minimum absolute atomic E-state index is 0.272. The second kappa shape index (κ2) is 10.5. The van der Waals surface area contributed by atoms with Crippen LogP contribution in [0.15, 0.2) is 4.99 Å². The van der Waals surface area contributed by atoms with E-state index in [0.717, 1.165) is 64.5 Å². The maximum absolute atomic E-state index is 12.6. The second-order valence-electron chi connectivity index (χ2n) is 6.80. The standard InChI is InChI=1S/C18H34N4O2/c1-3-24-13-7-11-20-18(19-2)21-16-10-12-22(14-16)17(23)15-8-5-4-6-9-15/h15-16H,3-14H2,1-2H3,(H2,19,20,21). The number of aliphatic imine (C=N–C) groups is 1. The fourth-order valence-electron chi connectivity index (χ4n) is 3.60. The quantitative estimate of drug-likeness (QED) is 0.422. The molecular weight excluding hydrogens is 304 g/mol. The van der Waals surface area contributed by atoms with Crippen molar-refractivity contribution in [3.8, 4) is 0 Å². The zero-order valence-corrected chi connectivity index (χ0v) is 15.4. The van der Waals surface area contributed by atoms with E-state index >= 15 is 0 Å². The Morgan fingerprint density at radius 1 is 1.25 bits per heavy atom. The third-order valence-electron chi connectivity index (χ3n) is 4.98. The molecule has 0 bridgehead atoms. The molecule has 6 nitrogen and oxygen atoms in total. The van der Waals surface area contributed by atoms with E-state index in [2.05, 4.69) is 20.5 Å². The van der Waals surface area contributed by atoms with Crippen LogP contribution in [0.25, 0.3) is 0 Å². The molecular formula is C18H34N4O2. The Kier molecular flexibility index (Phi) is 8.36. The molecule has 2 aliphatic rings. The summed E-state index contributed by atoms with van der Waals surface area (Å²) in [4.78, 5) is 18.9. The molecule has 0 aromatic rings. The van der Waals surface area contributed by atoms with Crippen molar-refractivity contribution in [1.82, 2.24) is 15.5 Å². The highest BCUT2D eigenvalue weighted by Crippen LogP contribution is 2.26. The van der Waals surface area contributed by atoms with Gasteiger partial charge in [0.2, 0.25) is 5.91 Å². The maximum Gasteiger partial charge on any atom is 0.225 e. The molecule has 6 heteroatoms. The first-order valence-corrected chi connectivity index (χ1v) is 9.58. The Morgan fingerprint density at radius 2 is 2.04 bits per heavy atom. The Balaban J connectivity index is 1.68. The molecule has 1 unspecified atom stereocenters. The fourth-order valence-corrected chi connectivity index (χ4v) is 3.60. The predicted octanol–water partition coefficient (Wildman–Crippen LogP) is 1.76. The Bertz CT molecular complexity index is 408. The Morgan fingerprint density at radius 3 is 2.75 bits per heavy atom. The third-order valence-corrected chi connectivity index (χ3v) is 4.98. The summed E-state index contributed by atoms with van der Waals surface area (Å²) in [5.41, 5.74) is 0. The number of likely N-dealkylation sites (tertiary alicyclic amines) is 1. The molecule has 0 aromatic heterocycles. The van der Waals surface area contributed by atoms with Crippen LogP contribution in [0, 0.1) is 5.92 Å². The lowest BCUT2D eigenvalue weighted by molar-refractivity contribution is -0.135. The zero-order valence-electron chi connectivity index (χ0n) is 15.4. The zero-order chi connectivity index (χ0) is 17.2. The average Bonchev–Trinajstić information content (AvgIpc) is 3.09. The summed E-state index contributed by atoms with van der Waals surface area (Å²) >= 11 is 0. The third kappa shape index (κ3) is 5.96. The van der Waals surface area contributed by atoms with Gasteiger partial charge in [0, 0.05) is 51.9 Å². The molecule has 1 saturated carbocycles. The van der Waals surface area contributed by atoms with Crippen LogP contribution >= 0.6 is 0 Å². The number of hydrogen-bond acceptors (Lipinski definition) is 3. The molecule has 1 heterocycles. The van der Waals surface area contributed by atoms with Gasteiger partial charge in [-0.05, 0) is 32.6 Å². The van der Waals surface area contributed by atoms with Crippen LogP contribution in [0.2, 0.25) is 0 Å². The van der Waals surface area contributed by atoms with Crippen molar-refractivity contribution in [2.45, 2.75) is 57.9 Å². The van der Waals surface area contributed by atoms with Gasteiger partial charge in [-0.25, -0.2) is 0 Å². The van der Waals surface area contributed by atoms with Crippen LogP contribution in [0.3, 0.4) is 0 Å². The van der Waals surface area contributed by atoms with Crippen molar-refractivity contribution in [2.24, 2.45) is 10.9 Å². The monoisotopic (exact) mass is 338 g/mol. The van der Waals surface area contributed by atoms with Gasteiger partial charge in [0.15, 0.2) is 5.96 Å². The molecule has 2 rings (SSSR count). The second-order valence-corrected chi connectivity index (χ2v) is 6.80. The molecule has 1 aliphatic carbocycles. The van der Waals surface area contributed by atoms with E-state index in [4.69, 9.17) is 4.74 Å². The molecule has 138 valence electrons. The predicted molar refractivity (Wildman–Crippen MR) is 97.2 cm³/mol. The number of guanidine groups is 1. The van der Waals surface area contributed by atoms with Gasteiger partial charge in [0.1, 0.15) is 0 Å². The van der Waals surface area contributed by atoms with Gasteiger partial charge in [-0.15, -0.1) is 0 Å². The van der Waals surface area contributed by atoms with Gasteiger partial charge in [-0.1, -0.05) is 19.3 Å². The summed E-state index contributed by atoms with van der Waals surface area (Å²) < 4.78 is 5.34. The lowest BCUT2D eigenvalue weighted by Crippen LogP contribution is -2.45. The number of nitrogens with zero attached hydrogens (tertiary/aromatic N) is 2. The molecule has 2 N–H and O–H groups in total. The normalized spacial score (nSPS) is 22.7. The van der Waals surface area contributed by atoms with E-state index in [9.17, 15) is 4.79 Å². The topological polar surface area (TPSA) is 66.0 Å². The van der Waals surface area contributed by atoms with Crippen LogP contribution in [-0.2, 0) is 9.53 Å². The minimum atomic E-state index is 0.272. The SMILES string of the molecule is CCOCCCNC(=NC)NC1CCN(C(=O)C2CCCCC2)C1. The van der Waals surface area contributed by atoms with E-state index in [1.54, 1.807) is 7.05 Å². The highest BCUT2D eigenvalue weighted by Gasteiger charge is 2.31. The number of carbonyl (C=O) groups is 1. The molecule has 2 fully saturated rings. The van der Waals surface area contributed by atoms with Crippen molar-refractivity contribution in [3.63, 3.8) is 0 Å². The summed E-state index contributed by atoms with van der Waals surface area (Å²) in [6.45, 7) is 6.06. The average molecular weight is 338 g/mol. The number of amides is 1. The first-order valence-electron chi connectivity index (χ1n) is 9.58. The number of nitrogens with one attached hydrogen (secondary N) is 2. The first-order chi connectivity index (χ1) is 11.7. The van der Waals surface area contributed by atoms with Gasteiger partial charge in [-0.2, -0.15) is 0 Å². The van der Waals surface area contributed by atoms with Crippen LogP contribution in [0.5, 0.6) is 0 Å². The number of carbonyl (C=O) groups excluding carboxylic acids is 1. The summed E-state index contributed by atoms with van der Waals surface area (Å²) in [5, 5.41) is 6.77. The van der Waals surface area contributed by atoms with Gasteiger partial charge >= 0.3 is 0 Å². The minimum Gasteiger partial charge on any atom is -0.382 e. The van der Waals surface area contributed by atoms with Crippen LogP contribution in [-0.4, -0.2) is 62.7 Å². The number of ether oxygens (including phenoxy) is 1.